The van der Waals surface area contributed by atoms with Crippen molar-refractivity contribution in [3.05, 3.63) is 62.9 Å². The van der Waals surface area contributed by atoms with Crippen LogP contribution in [-0.4, -0.2) is 14.2 Å². The van der Waals surface area contributed by atoms with Crippen molar-refractivity contribution < 1.29 is 18.6 Å². The van der Waals surface area contributed by atoms with E-state index in [-0.39, 0.29) is 5.63 Å². The van der Waals surface area contributed by atoms with Gasteiger partial charge in [0, 0.05) is 23.1 Å². The van der Waals surface area contributed by atoms with Crippen molar-refractivity contribution >= 4 is 26.9 Å². The van der Waals surface area contributed by atoms with E-state index >= 15 is 0 Å². The molecule has 6 heteroatoms. The van der Waals surface area contributed by atoms with Crippen molar-refractivity contribution in [2.24, 2.45) is 0 Å². The largest absolute Gasteiger partial charge is 0.493 e. The Labute approximate surface area is 146 Å². The van der Waals surface area contributed by atoms with Gasteiger partial charge in [-0.1, -0.05) is 6.07 Å². The first-order chi connectivity index (χ1) is 11.6. The molecule has 0 fully saturated rings. The summed E-state index contributed by atoms with van der Waals surface area (Å²) in [4.78, 5) is 11.3. The Morgan fingerprint density at radius 1 is 1.04 bits per heavy atom. The van der Waals surface area contributed by atoms with Gasteiger partial charge in [-0.3, -0.25) is 0 Å². The highest BCUT2D eigenvalue weighted by molar-refractivity contribution is 9.10. The number of hydrogen-bond donors (Lipinski definition) is 0. The van der Waals surface area contributed by atoms with Crippen LogP contribution in [0, 0.1) is 0 Å². The SMILES string of the molecule is COc1ccc(COc2ccc3ccc(=O)oc3c2)c(Br)c1OC. The fraction of sp³-hybridized carbons (Fsp3) is 0.167. The van der Waals surface area contributed by atoms with Gasteiger partial charge in [-0.25, -0.2) is 4.79 Å². The summed E-state index contributed by atoms with van der Waals surface area (Å²) in [5.74, 6) is 1.86. The highest BCUT2D eigenvalue weighted by Gasteiger charge is 2.13. The lowest BCUT2D eigenvalue weighted by molar-refractivity contribution is 0.302. The average molecular weight is 391 g/mol. The minimum absolute atomic E-state index is 0.323. The van der Waals surface area contributed by atoms with Crippen LogP contribution in [0.3, 0.4) is 0 Å². The van der Waals surface area contributed by atoms with E-state index in [0.717, 1.165) is 15.4 Å². The van der Waals surface area contributed by atoms with E-state index in [0.29, 0.717) is 29.4 Å². The van der Waals surface area contributed by atoms with Gasteiger partial charge >= 0.3 is 5.63 Å². The maximum absolute atomic E-state index is 11.3. The quantitative estimate of drug-likeness (QED) is 0.612. The minimum Gasteiger partial charge on any atom is -0.493 e. The molecular weight excluding hydrogens is 376 g/mol. The van der Waals surface area contributed by atoms with E-state index in [9.17, 15) is 4.79 Å². The van der Waals surface area contributed by atoms with Gasteiger partial charge < -0.3 is 18.6 Å². The van der Waals surface area contributed by atoms with Crippen LogP contribution in [0.5, 0.6) is 17.2 Å². The second-order valence-corrected chi connectivity index (χ2v) is 5.81. The van der Waals surface area contributed by atoms with E-state index in [2.05, 4.69) is 15.9 Å². The molecular formula is C18H15BrO5. The first-order valence-electron chi connectivity index (χ1n) is 7.18. The van der Waals surface area contributed by atoms with Gasteiger partial charge in [0.05, 0.1) is 18.7 Å². The summed E-state index contributed by atoms with van der Waals surface area (Å²) in [6.07, 6.45) is 0. The zero-order chi connectivity index (χ0) is 17.1. The zero-order valence-electron chi connectivity index (χ0n) is 13.2. The van der Waals surface area contributed by atoms with Gasteiger partial charge in [-0.15, -0.1) is 0 Å². The van der Waals surface area contributed by atoms with Crippen LogP contribution < -0.4 is 19.8 Å². The van der Waals surface area contributed by atoms with Crippen LogP contribution in [0.25, 0.3) is 11.0 Å². The number of ether oxygens (including phenoxy) is 3. The monoisotopic (exact) mass is 390 g/mol. The lowest BCUT2D eigenvalue weighted by atomic mass is 10.2. The normalized spacial score (nSPS) is 10.6. The molecule has 3 rings (SSSR count). The van der Waals surface area contributed by atoms with Crippen molar-refractivity contribution in [1.29, 1.82) is 0 Å². The van der Waals surface area contributed by atoms with E-state index in [4.69, 9.17) is 18.6 Å². The Kier molecular flexibility index (Phi) is 4.76. The van der Waals surface area contributed by atoms with Crippen LogP contribution in [0.4, 0.5) is 0 Å². The molecule has 0 radical (unpaired) electrons. The molecule has 0 atom stereocenters. The van der Waals surface area contributed by atoms with Crippen LogP contribution in [0.1, 0.15) is 5.56 Å². The molecule has 0 saturated heterocycles. The van der Waals surface area contributed by atoms with Crippen molar-refractivity contribution in [3.63, 3.8) is 0 Å². The minimum atomic E-state index is -0.387. The van der Waals surface area contributed by atoms with Gasteiger partial charge in [0.2, 0.25) is 0 Å². The zero-order valence-corrected chi connectivity index (χ0v) is 14.8. The van der Waals surface area contributed by atoms with Crippen LogP contribution >= 0.6 is 15.9 Å². The summed E-state index contributed by atoms with van der Waals surface area (Å²) in [6, 6.07) is 12.2. The van der Waals surface area contributed by atoms with Crippen molar-refractivity contribution in [3.8, 4) is 17.2 Å². The number of rotatable bonds is 5. The molecule has 0 bridgehead atoms. The Hall–Kier alpha value is -2.47. The van der Waals surface area contributed by atoms with Crippen molar-refractivity contribution in [2.75, 3.05) is 14.2 Å². The molecule has 0 aliphatic heterocycles. The van der Waals surface area contributed by atoms with Crippen LogP contribution in [-0.2, 0) is 6.61 Å². The van der Waals surface area contributed by atoms with E-state index in [1.165, 1.54) is 6.07 Å². The number of hydrogen-bond acceptors (Lipinski definition) is 5. The Bertz CT molecular complexity index is 932. The highest BCUT2D eigenvalue weighted by Crippen LogP contribution is 2.38. The molecule has 0 aliphatic rings. The maximum atomic E-state index is 11.3. The van der Waals surface area contributed by atoms with Crippen LogP contribution in [0.15, 0.2) is 56.1 Å². The van der Waals surface area contributed by atoms with Gasteiger partial charge in [-0.2, -0.15) is 0 Å². The summed E-state index contributed by atoms with van der Waals surface area (Å²) < 4.78 is 22.4. The smallest absolute Gasteiger partial charge is 0.336 e. The summed E-state index contributed by atoms with van der Waals surface area (Å²) in [5.41, 5.74) is 1.01. The van der Waals surface area contributed by atoms with E-state index in [1.807, 2.05) is 24.3 Å². The number of fused-ring (bicyclic) bond motifs is 1. The predicted molar refractivity (Wildman–Crippen MR) is 94.1 cm³/mol. The molecule has 0 amide bonds. The third kappa shape index (κ3) is 3.23. The molecule has 2 aromatic carbocycles. The topological polar surface area (TPSA) is 57.9 Å². The molecule has 0 unspecified atom stereocenters. The van der Waals surface area contributed by atoms with Crippen LogP contribution in [0.2, 0.25) is 0 Å². The summed E-state index contributed by atoms with van der Waals surface area (Å²) in [5, 5.41) is 0.842. The lowest BCUT2D eigenvalue weighted by Gasteiger charge is -2.14. The van der Waals surface area contributed by atoms with Gasteiger partial charge in [-0.05, 0) is 40.2 Å². The molecule has 0 spiro atoms. The maximum Gasteiger partial charge on any atom is 0.336 e. The second-order valence-electron chi connectivity index (χ2n) is 5.02. The second kappa shape index (κ2) is 6.97. The molecule has 124 valence electrons. The number of halogens is 1. The lowest BCUT2D eigenvalue weighted by Crippen LogP contribution is -2.00. The molecule has 0 saturated carbocycles. The summed E-state index contributed by atoms with van der Waals surface area (Å²) >= 11 is 3.51. The predicted octanol–water partition coefficient (Wildman–Crippen LogP) is 4.15. The molecule has 1 aromatic heterocycles. The number of benzene rings is 2. The van der Waals surface area contributed by atoms with Gasteiger partial charge in [0.15, 0.2) is 11.5 Å². The molecule has 3 aromatic rings. The van der Waals surface area contributed by atoms with E-state index in [1.54, 1.807) is 26.4 Å². The van der Waals surface area contributed by atoms with Crippen molar-refractivity contribution in [1.82, 2.24) is 0 Å². The van der Waals surface area contributed by atoms with Gasteiger partial charge in [0.1, 0.15) is 17.9 Å². The Balaban J connectivity index is 1.84. The molecule has 24 heavy (non-hydrogen) atoms. The molecule has 1 heterocycles. The first-order valence-corrected chi connectivity index (χ1v) is 7.97. The Morgan fingerprint density at radius 2 is 1.83 bits per heavy atom. The Morgan fingerprint density at radius 3 is 2.58 bits per heavy atom. The standard InChI is InChI=1S/C18H15BrO5/c1-21-14-7-4-12(17(19)18(14)22-2)10-23-13-6-3-11-5-8-16(20)24-15(11)9-13/h3-9H,10H2,1-2H3. The highest BCUT2D eigenvalue weighted by atomic mass is 79.9. The molecule has 5 nitrogen and oxygen atoms in total. The third-order valence-corrected chi connectivity index (χ3v) is 4.42. The molecule has 0 aliphatic carbocycles. The first kappa shape index (κ1) is 16.4. The fourth-order valence-corrected chi connectivity index (χ4v) is 2.94. The average Bonchev–Trinajstić information content (AvgIpc) is 2.59. The van der Waals surface area contributed by atoms with Crippen molar-refractivity contribution in [2.45, 2.75) is 6.61 Å². The number of methoxy groups -OCH3 is 2. The summed E-state index contributed by atoms with van der Waals surface area (Å²) in [6.45, 7) is 0.323. The van der Waals surface area contributed by atoms with Gasteiger partial charge in [0.25, 0.3) is 0 Å². The fourth-order valence-electron chi connectivity index (χ4n) is 2.33. The summed E-state index contributed by atoms with van der Waals surface area (Å²) in [7, 11) is 3.17. The molecule has 0 N–H and O–H groups in total. The van der Waals surface area contributed by atoms with E-state index < -0.39 is 0 Å². The third-order valence-electron chi connectivity index (χ3n) is 3.55.